The molecule has 0 aromatic heterocycles. The molecule has 1 fully saturated rings. The molecular weight excluding hydrogens is 300 g/mol. The van der Waals surface area contributed by atoms with Gasteiger partial charge in [0.1, 0.15) is 0 Å². The summed E-state index contributed by atoms with van der Waals surface area (Å²) in [4.78, 5) is 11.8. The van der Waals surface area contributed by atoms with Crippen LogP contribution in [-0.2, 0) is 15.8 Å². The maximum atomic E-state index is 12.4. The molecule has 0 radical (unpaired) electrons. The fourth-order valence-electron chi connectivity index (χ4n) is 2.54. The van der Waals surface area contributed by atoms with Crippen LogP contribution in [-0.4, -0.2) is 38.3 Å². The zero-order valence-corrected chi connectivity index (χ0v) is 13.9. The van der Waals surface area contributed by atoms with Crippen LogP contribution in [0.25, 0.3) is 0 Å². The van der Waals surface area contributed by atoms with Crippen molar-refractivity contribution in [2.24, 2.45) is 0 Å². The van der Waals surface area contributed by atoms with Crippen molar-refractivity contribution in [1.82, 2.24) is 9.62 Å². The summed E-state index contributed by atoms with van der Waals surface area (Å²) in [5.41, 5.74) is 1.28. The molecule has 1 heterocycles. The molecule has 1 aromatic carbocycles. The fraction of sp³-hybridized carbons (Fsp3) is 0.562. The van der Waals surface area contributed by atoms with Gasteiger partial charge in [0.2, 0.25) is 10.0 Å². The molecule has 122 valence electrons. The lowest BCUT2D eigenvalue weighted by Gasteiger charge is -2.25. The third-order valence-electron chi connectivity index (χ3n) is 3.81. The number of piperidine rings is 1. The Labute approximate surface area is 132 Å². The van der Waals surface area contributed by atoms with E-state index in [0.29, 0.717) is 25.2 Å². The molecule has 0 saturated carbocycles. The minimum atomic E-state index is -3.25. The third kappa shape index (κ3) is 4.55. The highest BCUT2D eigenvalue weighted by Gasteiger charge is 2.24. The molecule has 0 spiro atoms. The van der Waals surface area contributed by atoms with E-state index in [2.05, 4.69) is 5.32 Å². The molecule has 1 aromatic rings. The van der Waals surface area contributed by atoms with Gasteiger partial charge in [0, 0.05) is 25.2 Å². The summed E-state index contributed by atoms with van der Waals surface area (Å²) < 4.78 is 26.3. The van der Waals surface area contributed by atoms with Gasteiger partial charge in [-0.1, -0.05) is 25.5 Å². The first-order chi connectivity index (χ1) is 10.5. The number of carbonyl (C=O) groups is 1. The van der Waals surface area contributed by atoms with Crippen LogP contribution in [0.4, 0.5) is 0 Å². The summed E-state index contributed by atoms with van der Waals surface area (Å²) in [5, 5.41) is 2.80. The van der Waals surface area contributed by atoms with Crippen LogP contribution in [0.3, 0.4) is 0 Å². The van der Waals surface area contributed by atoms with E-state index < -0.39 is 10.0 Å². The van der Waals surface area contributed by atoms with E-state index in [1.165, 1.54) is 0 Å². The van der Waals surface area contributed by atoms with Gasteiger partial charge in [-0.3, -0.25) is 4.79 Å². The SMILES string of the molecule is CCCNC(=O)c1ccc(CS(=O)(=O)N2CCCCC2)cc1. The van der Waals surface area contributed by atoms with E-state index in [0.717, 1.165) is 31.2 Å². The van der Waals surface area contributed by atoms with Gasteiger partial charge in [0.25, 0.3) is 5.91 Å². The van der Waals surface area contributed by atoms with Gasteiger partial charge in [-0.15, -0.1) is 0 Å². The van der Waals surface area contributed by atoms with Crippen LogP contribution in [0.2, 0.25) is 0 Å². The van der Waals surface area contributed by atoms with Gasteiger partial charge in [0.15, 0.2) is 0 Å². The molecule has 1 aliphatic rings. The normalized spacial score (nSPS) is 16.4. The Bertz CT molecular complexity index is 590. The Morgan fingerprint density at radius 3 is 2.36 bits per heavy atom. The first-order valence-corrected chi connectivity index (χ1v) is 9.49. The van der Waals surface area contributed by atoms with E-state index in [1.807, 2.05) is 6.92 Å². The first kappa shape index (κ1) is 17.0. The zero-order chi connectivity index (χ0) is 16.0. The molecule has 0 aliphatic carbocycles. The summed E-state index contributed by atoms with van der Waals surface area (Å²) in [6, 6.07) is 6.82. The van der Waals surface area contributed by atoms with Crippen LogP contribution in [0.15, 0.2) is 24.3 Å². The molecule has 6 heteroatoms. The maximum Gasteiger partial charge on any atom is 0.251 e. The summed E-state index contributed by atoms with van der Waals surface area (Å²) in [6.45, 7) is 3.89. The van der Waals surface area contributed by atoms with Gasteiger partial charge in [-0.25, -0.2) is 12.7 Å². The number of rotatable bonds is 6. The predicted octanol–water partition coefficient (Wildman–Crippen LogP) is 2.14. The monoisotopic (exact) mass is 324 g/mol. The number of hydrogen-bond donors (Lipinski definition) is 1. The van der Waals surface area contributed by atoms with Gasteiger partial charge in [-0.2, -0.15) is 0 Å². The Hall–Kier alpha value is -1.40. The molecule has 1 N–H and O–H groups in total. The Morgan fingerprint density at radius 1 is 1.14 bits per heavy atom. The Balaban J connectivity index is 1.99. The highest BCUT2D eigenvalue weighted by Crippen LogP contribution is 2.17. The van der Waals surface area contributed by atoms with E-state index in [9.17, 15) is 13.2 Å². The molecule has 0 unspecified atom stereocenters. The molecular formula is C16H24N2O3S. The van der Waals surface area contributed by atoms with Crippen molar-refractivity contribution in [3.8, 4) is 0 Å². The van der Waals surface area contributed by atoms with Gasteiger partial charge in [-0.05, 0) is 37.0 Å². The molecule has 1 saturated heterocycles. The van der Waals surface area contributed by atoms with Crippen molar-refractivity contribution in [2.45, 2.75) is 38.4 Å². The Kier molecular flexibility index (Phi) is 5.97. The number of amides is 1. The number of nitrogens with one attached hydrogen (secondary N) is 1. The lowest BCUT2D eigenvalue weighted by molar-refractivity contribution is 0.0953. The second kappa shape index (κ2) is 7.74. The summed E-state index contributed by atoms with van der Waals surface area (Å²) in [6.07, 6.45) is 3.87. The highest BCUT2D eigenvalue weighted by atomic mass is 32.2. The second-order valence-electron chi connectivity index (χ2n) is 5.67. The van der Waals surface area contributed by atoms with E-state index in [1.54, 1.807) is 28.6 Å². The highest BCUT2D eigenvalue weighted by molar-refractivity contribution is 7.88. The molecule has 5 nitrogen and oxygen atoms in total. The summed E-state index contributed by atoms with van der Waals surface area (Å²) in [7, 11) is -3.25. The van der Waals surface area contributed by atoms with Gasteiger partial charge in [0.05, 0.1) is 5.75 Å². The van der Waals surface area contributed by atoms with Crippen molar-refractivity contribution in [1.29, 1.82) is 0 Å². The second-order valence-corrected chi connectivity index (χ2v) is 7.64. The first-order valence-electron chi connectivity index (χ1n) is 7.88. The lowest BCUT2D eigenvalue weighted by atomic mass is 10.1. The zero-order valence-electron chi connectivity index (χ0n) is 13.0. The van der Waals surface area contributed by atoms with Crippen molar-refractivity contribution in [3.63, 3.8) is 0 Å². The molecule has 1 amide bonds. The van der Waals surface area contributed by atoms with Crippen LogP contribution in [0.5, 0.6) is 0 Å². The standard InChI is InChI=1S/C16H24N2O3S/c1-2-10-17-16(19)15-8-6-14(7-9-15)13-22(20,21)18-11-4-3-5-12-18/h6-9H,2-5,10-13H2,1H3,(H,17,19). The quantitative estimate of drug-likeness (QED) is 0.872. The number of carbonyl (C=O) groups excluding carboxylic acids is 1. The van der Waals surface area contributed by atoms with Crippen LogP contribution in [0.1, 0.15) is 48.5 Å². The fourth-order valence-corrected chi connectivity index (χ4v) is 4.15. The van der Waals surface area contributed by atoms with Crippen LogP contribution < -0.4 is 5.32 Å². The van der Waals surface area contributed by atoms with Crippen LogP contribution >= 0.6 is 0 Å². The number of benzene rings is 1. The van der Waals surface area contributed by atoms with Gasteiger partial charge >= 0.3 is 0 Å². The van der Waals surface area contributed by atoms with E-state index in [4.69, 9.17) is 0 Å². The number of hydrogen-bond acceptors (Lipinski definition) is 3. The number of nitrogens with zero attached hydrogens (tertiary/aromatic N) is 1. The predicted molar refractivity (Wildman–Crippen MR) is 87.1 cm³/mol. The largest absolute Gasteiger partial charge is 0.352 e. The minimum Gasteiger partial charge on any atom is -0.352 e. The smallest absolute Gasteiger partial charge is 0.251 e. The topological polar surface area (TPSA) is 66.5 Å². The average Bonchev–Trinajstić information content (AvgIpc) is 2.54. The summed E-state index contributed by atoms with van der Waals surface area (Å²) >= 11 is 0. The van der Waals surface area contributed by atoms with Crippen LogP contribution in [0, 0.1) is 0 Å². The van der Waals surface area contributed by atoms with Crippen molar-refractivity contribution in [3.05, 3.63) is 35.4 Å². The lowest BCUT2D eigenvalue weighted by Crippen LogP contribution is -2.36. The van der Waals surface area contributed by atoms with Crippen molar-refractivity contribution >= 4 is 15.9 Å². The Morgan fingerprint density at radius 2 is 1.77 bits per heavy atom. The molecule has 0 atom stereocenters. The maximum absolute atomic E-state index is 12.4. The third-order valence-corrected chi connectivity index (χ3v) is 5.66. The average molecular weight is 324 g/mol. The number of sulfonamides is 1. The van der Waals surface area contributed by atoms with Gasteiger partial charge < -0.3 is 5.32 Å². The minimum absolute atomic E-state index is 0.00383. The molecule has 2 rings (SSSR count). The van der Waals surface area contributed by atoms with E-state index in [-0.39, 0.29) is 11.7 Å². The van der Waals surface area contributed by atoms with E-state index >= 15 is 0 Å². The molecule has 1 aliphatic heterocycles. The molecule has 0 bridgehead atoms. The summed E-state index contributed by atoms with van der Waals surface area (Å²) in [5.74, 6) is -0.114. The van der Waals surface area contributed by atoms with Crippen molar-refractivity contribution in [2.75, 3.05) is 19.6 Å². The molecule has 22 heavy (non-hydrogen) atoms. The van der Waals surface area contributed by atoms with Crippen molar-refractivity contribution < 1.29 is 13.2 Å².